The minimum Gasteiger partial charge on any atom is -0.492 e. The molecule has 0 saturated heterocycles. The lowest BCUT2D eigenvalue weighted by Crippen LogP contribution is -2.23. The molecule has 1 aromatic heterocycles. The minimum absolute atomic E-state index is 0.0520. The lowest BCUT2D eigenvalue weighted by molar-refractivity contribution is -0.143. The van der Waals surface area contributed by atoms with Gasteiger partial charge >= 0.3 is 5.97 Å². The van der Waals surface area contributed by atoms with Gasteiger partial charge in [-0.2, -0.15) is 4.99 Å². The Morgan fingerprint density at radius 1 is 1.07 bits per heavy atom. The largest absolute Gasteiger partial charge is 0.492 e. The van der Waals surface area contributed by atoms with Gasteiger partial charge in [0.25, 0.3) is 5.91 Å². The number of hydrogen-bond donors (Lipinski definition) is 0. The highest BCUT2D eigenvalue weighted by Crippen LogP contribution is 2.27. The van der Waals surface area contributed by atoms with Crippen LogP contribution in [0.4, 0.5) is 5.69 Å². The second kappa shape index (κ2) is 9.58. The summed E-state index contributed by atoms with van der Waals surface area (Å²) in [6, 6.07) is 12.9. The van der Waals surface area contributed by atoms with E-state index in [-0.39, 0.29) is 19.1 Å². The number of thiazole rings is 1. The Kier molecular flexibility index (Phi) is 6.89. The van der Waals surface area contributed by atoms with Gasteiger partial charge in [-0.25, -0.2) is 0 Å². The van der Waals surface area contributed by atoms with Gasteiger partial charge in [-0.3, -0.25) is 9.59 Å². The summed E-state index contributed by atoms with van der Waals surface area (Å²) in [5.41, 5.74) is 2.20. The van der Waals surface area contributed by atoms with Gasteiger partial charge < -0.3 is 18.9 Å². The first-order chi connectivity index (χ1) is 14.4. The molecule has 0 fully saturated rings. The first-order valence-corrected chi connectivity index (χ1v) is 10.5. The van der Waals surface area contributed by atoms with Crippen LogP contribution in [0.1, 0.15) is 24.2 Å². The van der Waals surface area contributed by atoms with E-state index in [1.165, 1.54) is 11.3 Å². The zero-order chi connectivity index (χ0) is 21.7. The smallest absolute Gasteiger partial charge is 0.326 e. The lowest BCUT2D eigenvalue weighted by atomic mass is 10.2. The standard InChI is InChI=1S/C22H25N3O4S/c1-5-28-17-8-7-9-18-20(17)25(14-19(26)29-6-2)22(30-18)23-21(27)15-10-12-16(13-11-15)24(3)4/h7-13H,5-6,14H2,1-4H3. The molecule has 0 spiro atoms. The van der Waals surface area contributed by atoms with E-state index in [4.69, 9.17) is 9.47 Å². The molecule has 30 heavy (non-hydrogen) atoms. The van der Waals surface area contributed by atoms with Crippen molar-refractivity contribution < 1.29 is 19.1 Å². The molecule has 3 rings (SSSR count). The fourth-order valence-corrected chi connectivity index (χ4v) is 4.04. The maximum absolute atomic E-state index is 12.8. The minimum atomic E-state index is -0.396. The summed E-state index contributed by atoms with van der Waals surface area (Å²) in [7, 11) is 3.87. The molecule has 8 heteroatoms. The molecule has 0 saturated carbocycles. The Balaban J connectivity index is 2.10. The highest BCUT2D eigenvalue weighted by molar-refractivity contribution is 7.16. The van der Waals surface area contributed by atoms with Crippen molar-refractivity contribution in [2.75, 3.05) is 32.2 Å². The van der Waals surface area contributed by atoms with E-state index in [0.717, 1.165) is 15.9 Å². The first kappa shape index (κ1) is 21.6. The van der Waals surface area contributed by atoms with Crippen LogP contribution in [0.15, 0.2) is 47.5 Å². The number of anilines is 1. The van der Waals surface area contributed by atoms with E-state index in [0.29, 0.717) is 22.7 Å². The second-order valence-electron chi connectivity index (χ2n) is 6.67. The maximum Gasteiger partial charge on any atom is 0.326 e. The van der Waals surface area contributed by atoms with E-state index in [1.54, 1.807) is 23.6 Å². The molecule has 0 unspecified atom stereocenters. The summed E-state index contributed by atoms with van der Waals surface area (Å²) >= 11 is 1.33. The number of carbonyl (C=O) groups excluding carboxylic acids is 2. The van der Waals surface area contributed by atoms with Crippen LogP contribution in [0.2, 0.25) is 0 Å². The Morgan fingerprint density at radius 2 is 1.80 bits per heavy atom. The first-order valence-electron chi connectivity index (χ1n) is 9.71. The molecule has 0 aliphatic heterocycles. The highest BCUT2D eigenvalue weighted by Gasteiger charge is 2.16. The van der Waals surface area contributed by atoms with Gasteiger partial charge in [0.1, 0.15) is 17.8 Å². The Labute approximate surface area is 179 Å². The molecule has 0 aliphatic carbocycles. The number of amides is 1. The van der Waals surface area contributed by atoms with Crippen molar-refractivity contribution >= 4 is 39.1 Å². The number of para-hydroxylation sites is 1. The average molecular weight is 428 g/mol. The zero-order valence-corrected chi connectivity index (χ0v) is 18.4. The van der Waals surface area contributed by atoms with Gasteiger partial charge in [-0.05, 0) is 50.2 Å². The predicted octanol–water partition coefficient (Wildman–Crippen LogP) is 3.47. The topological polar surface area (TPSA) is 73.1 Å². The summed E-state index contributed by atoms with van der Waals surface area (Å²) < 4.78 is 13.4. The van der Waals surface area contributed by atoms with Crippen LogP contribution in [-0.2, 0) is 16.1 Å². The molecule has 158 valence electrons. The van der Waals surface area contributed by atoms with Crippen molar-refractivity contribution in [3.8, 4) is 5.75 Å². The summed E-state index contributed by atoms with van der Waals surface area (Å²) in [4.78, 5) is 31.7. The van der Waals surface area contributed by atoms with Crippen molar-refractivity contribution in [2.24, 2.45) is 4.99 Å². The van der Waals surface area contributed by atoms with Crippen molar-refractivity contribution in [3.63, 3.8) is 0 Å². The summed E-state index contributed by atoms with van der Waals surface area (Å²) in [6.07, 6.45) is 0. The number of hydrogen-bond acceptors (Lipinski definition) is 6. The molecule has 0 radical (unpaired) electrons. The molecule has 2 aromatic carbocycles. The molecule has 1 heterocycles. The van der Waals surface area contributed by atoms with Gasteiger partial charge in [0.2, 0.25) is 0 Å². The van der Waals surface area contributed by atoms with Gasteiger partial charge in [0.15, 0.2) is 4.80 Å². The molecule has 0 atom stereocenters. The maximum atomic E-state index is 12.8. The van der Waals surface area contributed by atoms with Crippen molar-refractivity contribution in [1.82, 2.24) is 4.57 Å². The number of carbonyl (C=O) groups is 2. The number of esters is 1. The normalized spacial score (nSPS) is 11.5. The quantitative estimate of drug-likeness (QED) is 0.540. The molecular weight excluding hydrogens is 402 g/mol. The number of nitrogens with zero attached hydrogens (tertiary/aromatic N) is 3. The molecule has 1 amide bonds. The molecule has 0 N–H and O–H groups in total. The number of rotatable bonds is 7. The third-order valence-electron chi connectivity index (χ3n) is 4.38. The van der Waals surface area contributed by atoms with E-state index in [9.17, 15) is 9.59 Å². The third kappa shape index (κ3) is 4.71. The summed E-state index contributed by atoms with van der Waals surface area (Å²) in [5.74, 6) is -0.130. The molecule has 0 aliphatic rings. The van der Waals surface area contributed by atoms with Crippen LogP contribution in [0.5, 0.6) is 5.75 Å². The number of ether oxygens (including phenoxy) is 2. The van der Waals surface area contributed by atoms with Crippen molar-refractivity contribution in [2.45, 2.75) is 20.4 Å². The van der Waals surface area contributed by atoms with Gasteiger partial charge in [0.05, 0.1) is 17.9 Å². The number of benzene rings is 2. The zero-order valence-electron chi connectivity index (χ0n) is 17.5. The highest BCUT2D eigenvalue weighted by atomic mass is 32.1. The fraction of sp³-hybridized carbons (Fsp3) is 0.318. The Bertz CT molecular complexity index is 1110. The molecule has 3 aromatic rings. The summed E-state index contributed by atoms with van der Waals surface area (Å²) in [5, 5.41) is 0. The Hall–Kier alpha value is -3.13. The van der Waals surface area contributed by atoms with Crippen molar-refractivity contribution in [1.29, 1.82) is 0 Å². The van der Waals surface area contributed by atoms with Crippen molar-refractivity contribution in [3.05, 3.63) is 52.8 Å². The number of aromatic nitrogens is 1. The molecule has 7 nitrogen and oxygen atoms in total. The lowest BCUT2D eigenvalue weighted by Gasteiger charge is -2.11. The van der Waals surface area contributed by atoms with E-state index in [2.05, 4.69) is 4.99 Å². The van der Waals surface area contributed by atoms with E-state index in [1.807, 2.05) is 56.3 Å². The van der Waals surface area contributed by atoms with Gasteiger partial charge in [-0.15, -0.1) is 0 Å². The van der Waals surface area contributed by atoms with Crippen LogP contribution in [0.3, 0.4) is 0 Å². The molecule has 0 bridgehead atoms. The van der Waals surface area contributed by atoms with Crippen LogP contribution in [0.25, 0.3) is 10.2 Å². The average Bonchev–Trinajstić information content (AvgIpc) is 3.06. The van der Waals surface area contributed by atoms with Crippen LogP contribution < -0.4 is 14.4 Å². The monoisotopic (exact) mass is 427 g/mol. The Morgan fingerprint density at radius 3 is 2.43 bits per heavy atom. The molecular formula is C22H25N3O4S. The van der Waals surface area contributed by atoms with E-state index >= 15 is 0 Å². The van der Waals surface area contributed by atoms with Gasteiger partial charge in [-0.1, -0.05) is 17.4 Å². The van der Waals surface area contributed by atoms with Gasteiger partial charge in [0, 0.05) is 25.3 Å². The number of fused-ring (bicyclic) bond motifs is 1. The van der Waals surface area contributed by atoms with Crippen LogP contribution in [0, 0.1) is 0 Å². The van der Waals surface area contributed by atoms with Crippen LogP contribution >= 0.6 is 11.3 Å². The summed E-state index contributed by atoms with van der Waals surface area (Å²) in [6.45, 7) is 4.37. The third-order valence-corrected chi connectivity index (χ3v) is 5.43. The second-order valence-corrected chi connectivity index (χ2v) is 7.68. The SMILES string of the molecule is CCOC(=O)Cn1c(=NC(=O)c2ccc(N(C)C)cc2)sc2cccc(OCC)c21. The van der Waals surface area contributed by atoms with Crippen LogP contribution in [-0.4, -0.2) is 43.8 Å². The van der Waals surface area contributed by atoms with E-state index < -0.39 is 5.97 Å². The fourth-order valence-electron chi connectivity index (χ4n) is 2.99. The predicted molar refractivity (Wildman–Crippen MR) is 118 cm³/mol.